The lowest BCUT2D eigenvalue weighted by Crippen LogP contribution is -2.40. The molecule has 0 saturated carbocycles. The molecule has 2 heterocycles. The van der Waals surface area contributed by atoms with Crippen LogP contribution in [0.5, 0.6) is 0 Å². The zero-order chi connectivity index (χ0) is 16.6. The number of carboxylic acids is 1. The van der Waals surface area contributed by atoms with Gasteiger partial charge in [0.1, 0.15) is 6.04 Å². The minimum absolute atomic E-state index is 0.0234. The molecule has 2 aliphatic rings. The predicted molar refractivity (Wildman–Crippen MR) is 84.7 cm³/mol. The van der Waals surface area contributed by atoms with E-state index in [1.165, 1.54) is 4.90 Å². The molecule has 1 aromatic carbocycles. The Labute approximate surface area is 138 Å². The van der Waals surface area contributed by atoms with Crippen molar-refractivity contribution in [2.75, 3.05) is 18.0 Å². The van der Waals surface area contributed by atoms with Crippen LogP contribution in [0.25, 0.3) is 0 Å². The van der Waals surface area contributed by atoms with E-state index in [2.05, 4.69) is 0 Å². The highest BCUT2D eigenvalue weighted by Crippen LogP contribution is 2.29. The van der Waals surface area contributed by atoms with Crippen molar-refractivity contribution >= 4 is 35.1 Å². The summed E-state index contributed by atoms with van der Waals surface area (Å²) >= 11 is 6.14. The zero-order valence-electron chi connectivity index (χ0n) is 12.5. The van der Waals surface area contributed by atoms with Crippen LogP contribution in [0.4, 0.5) is 5.69 Å². The van der Waals surface area contributed by atoms with E-state index < -0.39 is 17.9 Å². The molecule has 0 bridgehead atoms. The van der Waals surface area contributed by atoms with Gasteiger partial charge in [0, 0.05) is 25.2 Å². The number of halogens is 1. The van der Waals surface area contributed by atoms with E-state index in [0.29, 0.717) is 38.0 Å². The molecule has 2 aliphatic heterocycles. The monoisotopic (exact) mass is 336 g/mol. The van der Waals surface area contributed by atoms with E-state index in [-0.39, 0.29) is 16.5 Å². The number of anilines is 1. The lowest BCUT2D eigenvalue weighted by atomic mass is 10.1. The summed E-state index contributed by atoms with van der Waals surface area (Å²) in [5.41, 5.74) is 0.878. The van der Waals surface area contributed by atoms with Crippen LogP contribution in [-0.2, 0) is 9.59 Å². The summed E-state index contributed by atoms with van der Waals surface area (Å²) in [5, 5.41) is 9.50. The molecule has 0 aromatic heterocycles. The highest BCUT2D eigenvalue weighted by Gasteiger charge is 2.35. The number of carbonyl (C=O) groups excluding carboxylic acids is 2. The number of carboxylic acid groups (broad SMARTS) is 1. The SMILES string of the molecule is O=C(O)[C@@H]1CCCN1C(=O)c1cc(N2CCCC2=O)ccc1Cl. The van der Waals surface area contributed by atoms with E-state index in [4.69, 9.17) is 11.6 Å². The van der Waals surface area contributed by atoms with E-state index >= 15 is 0 Å². The number of likely N-dealkylation sites (tertiary alicyclic amines) is 1. The van der Waals surface area contributed by atoms with Gasteiger partial charge in [-0.1, -0.05) is 11.6 Å². The van der Waals surface area contributed by atoms with Gasteiger partial charge in [0.2, 0.25) is 5.91 Å². The second kappa shape index (κ2) is 6.20. The van der Waals surface area contributed by atoms with Gasteiger partial charge in [0.05, 0.1) is 10.6 Å². The average molecular weight is 337 g/mol. The molecule has 122 valence electrons. The highest BCUT2D eigenvalue weighted by molar-refractivity contribution is 6.34. The molecule has 1 atom stereocenters. The summed E-state index contributed by atoms with van der Waals surface area (Å²) in [7, 11) is 0. The number of aliphatic carboxylic acids is 1. The van der Waals surface area contributed by atoms with Crippen LogP contribution in [0.2, 0.25) is 5.02 Å². The maximum Gasteiger partial charge on any atom is 0.326 e. The molecule has 0 radical (unpaired) electrons. The molecule has 2 amide bonds. The molecular weight excluding hydrogens is 320 g/mol. The molecular formula is C16H17ClN2O4. The van der Waals surface area contributed by atoms with Crippen LogP contribution in [0.1, 0.15) is 36.0 Å². The van der Waals surface area contributed by atoms with E-state index in [1.54, 1.807) is 23.1 Å². The highest BCUT2D eigenvalue weighted by atomic mass is 35.5. The number of rotatable bonds is 3. The molecule has 2 saturated heterocycles. The van der Waals surface area contributed by atoms with Gasteiger partial charge in [0.25, 0.3) is 5.91 Å². The van der Waals surface area contributed by atoms with E-state index in [0.717, 1.165) is 6.42 Å². The van der Waals surface area contributed by atoms with Crippen molar-refractivity contribution in [3.63, 3.8) is 0 Å². The van der Waals surface area contributed by atoms with Crippen molar-refractivity contribution in [3.05, 3.63) is 28.8 Å². The van der Waals surface area contributed by atoms with Gasteiger partial charge in [-0.3, -0.25) is 9.59 Å². The largest absolute Gasteiger partial charge is 0.480 e. The topological polar surface area (TPSA) is 77.9 Å². The Bertz CT molecular complexity index is 676. The number of hydrogen-bond donors (Lipinski definition) is 1. The van der Waals surface area contributed by atoms with Gasteiger partial charge in [-0.2, -0.15) is 0 Å². The fourth-order valence-electron chi connectivity index (χ4n) is 3.19. The maximum atomic E-state index is 12.7. The molecule has 2 fully saturated rings. The van der Waals surface area contributed by atoms with Crippen LogP contribution in [0, 0.1) is 0 Å². The third-order valence-corrected chi connectivity index (χ3v) is 4.69. The minimum Gasteiger partial charge on any atom is -0.480 e. The van der Waals surface area contributed by atoms with Crippen molar-refractivity contribution in [1.29, 1.82) is 0 Å². The van der Waals surface area contributed by atoms with E-state index in [1.807, 2.05) is 0 Å². The molecule has 23 heavy (non-hydrogen) atoms. The maximum absolute atomic E-state index is 12.7. The molecule has 0 unspecified atom stereocenters. The minimum atomic E-state index is -1.00. The first-order valence-corrected chi connectivity index (χ1v) is 8.00. The molecule has 6 nitrogen and oxygen atoms in total. The first kappa shape index (κ1) is 15.8. The number of hydrogen-bond acceptors (Lipinski definition) is 3. The zero-order valence-corrected chi connectivity index (χ0v) is 13.3. The molecule has 1 N–H and O–H groups in total. The van der Waals surface area contributed by atoms with Crippen molar-refractivity contribution in [3.8, 4) is 0 Å². The Balaban J connectivity index is 1.91. The number of carbonyl (C=O) groups is 3. The summed E-state index contributed by atoms with van der Waals surface area (Å²) < 4.78 is 0. The van der Waals surface area contributed by atoms with Crippen LogP contribution in [0.15, 0.2) is 18.2 Å². The summed E-state index contributed by atoms with van der Waals surface area (Å²) in [6.07, 6.45) is 2.39. The number of amides is 2. The molecule has 0 spiro atoms. The second-order valence-corrected chi connectivity index (χ2v) is 6.22. The Morgan fingerprint density at radius 3 is 2.65 bits per heavy atom. The summed E-state index contributed by atoms with van der Waals surface area (Å²) in [4.78, 5) is 38.8. The summed E-state index contributed by atoms with van der Waals surface area (Å²) in [6.45, 7) is 1.02. The Morgan fingerprint density at radius 1 is 1.22 bits per heavy atom. The van der Waals surface area contributed by atoms with Crippen molar-refractivity contribution in [2.45, 2.75) is 31.7 Å². The van der Waals surface area contributed by atoms with E-state index in [9.17, 15) is 19.5 Å². The van der Waals surface area contributed by atoms with Crippen molar-refractivity contribution in [1.82, 2.24) is 4.90 Å². The standard InChI is InChI=1S/C16H17ClN2O4/c17-12-6-5-10(18-7-2-4-14(18)20)9-11(12)15(21)19-8-1-3-13(19)16(22)23/h5-6,9,13H,1-4,7-8H2,(H,22,23)/t13-/m0/s1. The lowest BCUT2D eigenvalue weighted by Gasteiger charge is -2.23. The van der Waals surface area contributed by atoms with Gasteiger partial charge >= 0.3 is 5.97 Å². The molecule has 0 aliphatic carbocycles. The molecule has 7 heteroatoms. The van der Waals surface area contributed by atoms with Crippen LogP contribution >= 0.6 is 11.6 Å². The van der Waals surface area contributed by atoms with Gasteiger partial charge in [-0.05, 0) is 37.5 Å². The lowest BCUT2D eigenvalue weighted by molar-refractivity contribution is -0.141. The Kier molecular flexibility index (Phi) is 4.26. The first-order chi connectivity index (χ1) is 11.0. The van der Waals surface area contributed by atoms with Gasteiger partial charge < -0.3 is 14.9 Å². The fourth-order valence-corrected chi connectivity index (χ4v) is 3.39. The first-order valence-electron chi connectivity index (χ1n) is 7.62. The smallest absolute Gasteiger partial charge is 0.326 e. The quantitative estimate of drug-likeness (QED) is 0.917. The average Bonchev–Trinajstić information content (AvgIpc) is 3.16. The number of benzene rings is 1. The van der Waals surface area contributed by atoms with Gasteiger partial charge in [-0.25, -0.2) is 4.79 Å². The van der Waals surface area contributed by atoms with Crippen LogP contribution < -0.4 is 4.90 Å². The predicted octanol–water partition coefficient (Wildman–Crippen LogP) is 2.16. The van der Waals surface area contributed by atoms with Crippen molar-refractivity contribution < 1.29 is 19.5 Å². The normalized spacial score (nSPS) is 21.1. The van der Waals surface area contributed by atoms with Gasteiger partial charge in [-0.15, -0.1) is 0 Å². The Hall–Kier alpha value is -2.08. The van der Waals surface area contributed by atoms with Crippen LogP contribution in [0.3, 0.4) is 0 Å². The fraction of sp³-hybridized carbons (Fsp3) is 0.438. The van der Waals surface area contributed by atoms with Gasteiger partial charge in [0.15, 0.2) is 0 Å². The molecule has 3 rings (SSSR count). The molecule has 1 aromatic rings. The van der Waals surface area contributed by atoms with Crippen molar-refractivity contribution in [2.24, 2.45) is 0 Å². The summed E-state index contributed by atoms with van der Waals surface area (Å²) in [5.74, 6) is -1.37. The second-order valence-electron chi connectivity index (χ2n) is 5.81. The Morgan fingerprint density at radius 2 is 2.00 bits per heavy atom. The summed E-state index contributed by atoms with van der Waals surface area (Å²) in [6, 6.07) is 4.07. The third-order valence-electron chi connectivity index (χ3n) is 4.36. The van der Waals surface area contributed by atoms with Crippen LogP contribution in [-0.4, -0.2) is 46.9 Å². The third kappa shape index (κ3) is 2.91. The number of nitrogens with zero attached hydrogens (tertiary/aromatic N) is 2.